The average molecular weight is 567 g/mol. The predicted octanol–water partition coefficient (Wildman–Crippen LogP) is 6.26. The molecule has 0 spiro atoms. The van der Waals surface area contributed by atoms with Gasteiger partial charge in [0.2, 0.25) is 5.91 Å². The van der Waals surface area contributed by atoms with Crippen molar-refractivity contribution in [3.8, 4) is 11.5 Å². The van der Waals surface area contributed by atoms with Gasteiger partial charge < -0.3 is 20.1 Å². The zero-order valence-electron chi connectivity index (χ0n) is 20.6. The van der Waals surface area contributed by atoms with Crippen molar-refractivity contribution in [1.29, 1.82) is 0 Å². The van der Waals surface area contributed by atoms with E-state index in [0.29, 0.717) is 23.2 Å². The fourth-order valence-electron chi connectivity index (χ4n) is 5.21. The van der Waals surface area contributed by atoms with E-state index in [4.69, 9.17) is 21.7 Å². The molecule has 6 nitrogen and oxygen atoms in total. The molecule has 2 N–H and O–H groups in total. The Morgan fingerprint density at radius 1 is 1.19 bits per heavy atom. The summed E-state index contributed by atoms with van der Waals surface area (Å²) in [6.45, 7) is 8.39. The molecule has 0 aromatic heterocycles. The summed E-state index contributed by atoms with van der Waals surface area (Å²) in [5.74, 6) is 0.478. The van der Waals surface area contributed by atoms with E-state index >= 15 is 0 Å². The number of carbonyl (C=O) groups is 1. The van der Waals surface area contributed by atoms with Gasteiger partial charge in [0.15, 0.2) is 22.3 Å². The maximum absolute atomic E-state index is 14.1. The highest BCUT2D eigenvalue weighted by Gasteiger charge is 2.59. The fourth-order valence-corrected chi connectivity index (χ4v) is 6.01. The number of aryl methyl sites for hydroxylation is 2. The number of nitrogens with one attached hydrogen (secondary N) is 2. The van der Waals surface area contributed by atoms with E-state index in [0.717, 1.165) is 32.5 Å². The number of fused-ring (bicyclic) bond motifs is 4. The Morgan fingerprint density at radius 3 is 2.69 bits per heavy atom. The summed E-state index contributed by atoms with van der Waals surface area (Å²) in [5.41, 5.74) is 3.44. The molecule has 0 aliphatic carbocycles. The number of amides is 1. The fraction of sp³-hybridized carbons (Fsp3) is 0.286. The van der Waals surface area contributed by atoms with E-state index in [1.165, 1.54) is 0 Å². The van der Waals surface area contributed by atoms with Gasteiger partial charge in [-0.1, -0.05) is 51.8 Å². The highest BCUT2D eigenvalue weighted by atomic mass is 79.9. The zero-order valence-corrected chi connectivity index (χ0v) is 23.0. The molecule has 8 heteroatoms. The third kappa shape index (κ3) is 4.12. The van der Waals surface area contributed by atoms with Crippen LogP contribution in [0.3, 0.4) is 0 Å². The van der Waals surface area contributed by atoms with Gasteiger partial charge in [-0.05, 0) is 75.8 Å². The van der Waals surface area contributed by atoms with Crippen LogP contribution in [-0.2, 0) is 4.79 Å². The Bertz CT molecular complexity index is 1360. The summed E-state index contributed by atoms with van der Waals surface area (Å²) in [6.07, 6.45) is 0. The molecule has 0 radical (unpaired) electrons. The molecule has 1 saturated heterocycles. The molecule has 1 amide bonds. The Hall–Kier alpha value is -3.10. The van der Waals surface area contributed by atoms with Crippen LogP contribution in [0.1, 0.15) is 36.6 Å². The molecular formula is C28H28BrN3O3S. The van der Waals surface area contributed by atoms with E-state index in [-0.39, 0.29) is 5.91 Å². The molecule has 5 rings (SSSR count). The Morgan fingerprint density at radius 2 is 1.97 bits per heavy atom. The third-order valence-corrected chi connectivity index (χ3v) is 7.57. The van der Waals surface area contributed by atoms with Crippen molar-refractivity contribution in [3.05, 3.63) is 81.8 Å². The van der Waals surface area contributed by atoms with Gasteiger partial charge in [0, 0.05) is 21.4 Å². The largest absolute Gasteiger partial charge is 0.490 e. The van der Waals surface area contributed by atoms with Gasteiger partial charge in [-0.15, -0.1) is 0 Å². The van der Waals surface area contributed by atoms with E-state index < -0.39 is 17.7 Å². The van der Waals surface area contributed by atoms with Crippen molar-refractivity contribution in [2.45, 2.75) is 39.5 Å². The summed E-state index contributed by atoms with van der Waals surface area (Å²) in [5, 5.41) is 7.10. The maximum atomic E-state index is 14.1. The number of rotatable bonds is 5. The first-order valence-corrected chi connectivity index (χ1v) is 13.1. The lowest BCUT2D eigenvalue weighted by atomic mass is 9.78. The van der Waals surface area contributed by atoms with Crippen LogP contribution in [0.5, 0.6) is 11.5 Å². The second-order valence-electron chi connectivity index (χ2n) is 9.29. The molecule has 2 aliphatic rings. The summed E-state index contributed by atoms with van der Waals surface area (Å²) in [7, 11) is 0. The Balaban J connectivity index is 1.65. The molecule has 3 aromatic carbocycles. The normalized spacial score (nSPS) is 22.2. The number of benzene rings is 3. The number of para-hydroxylation sites is 1. The maximum Gasteiger partial charge on any atom is 0.236 e. The zero-order chi connectivity index (χ0) is 25.6. The number of anilines is 2. The van der Waals surface area contributed by atoms with E-state index in [1.807, 2.05) is 87.2 Å². The number of carbonyl (C=O) groups excluding carboxylic acids is 1. The second-order valence-corrected chi connectivity index (χ2v) is 10.6. The Kier molecular flexibility index (Phi) is 6.43. The number of halogens is 1. The van der Waals surface area contributed by atoms with Gasteiger partial charge in [-0.25, -0.2) is 0 Å². The minimum atomic E-state index is -1.13. The number of hydrogen-bond donors (Lipinski definition) is 2. The van der Waals surface area contributed by atoms with Crippen molar-refractivity contribution >= 4 is 50.5 Å². The van der Waals surface area contributed by atoms with Gasteiger partial charge in [0.05, 0.1) is 12.6 Å². The molecule has 36 heavy (non-hydrogen) atoms. The lowest BCUT2D eigenvalue weighted by Gasteiger charge is -2.56. The SMILES string of the molecule is CCOc1cccc2c1O[C@@]1(C)[C@@H](C(=O)Nc3ccc(C)cc3C)[C@@H]2NC(=S)N1c1cccc(Br)c1. The number of thiocarbonyl (C=S) groups is 1. The van der Waals surface area contributed by atoms with Crippen LogP contribution in [0.15, 0.2) is 65.1 Å². The number of ether oxygens (including phenoxy) is 2. The molecule has 186 valence electrons. The molecule has 3 atom stereocenters. The van der Waals surface area contributed by atoms with Crippen LogP contribution in [-0.4, -0.2) is 23.4 Å². The minimum Gasteiger partial charge on any atom is -0.490 e. The first-order valence-electron chi connectivity index (χ1n) is 11.9. The number of hydrogen-bond acceptors (Lipinski definition) is 4. The molecule has 2 aliphatic heterocycles. The molecular weight excluding hydrogens is 538 g/mol. The van der Waals surface area contributed by atoms with Crippen LogP contribution in [0.2, 0.25) is 0 Å². The summed E-state index contributed by atoms with van der Waals surface area (Å²) >= 11 is 9.42. The minimum absolute atomic E-state index is 0.156. The van der Waals surface area contributed by atoms with Crippen molar-refractivity contribution in [1.82, 2.24) is 5.32 Å². The standard InChI is InChI=1S/C28H28BrN3O3S/c1-5-34-22-11-7-10-20-24-23(26(33)30-21-13-12-16(2)14-17(21)3)28(4,35-25(20)22)32(27(36)31-24)19-9-6-8-18(29)15-19/h6-15,23-24H,5H2,1-4H3,(H,30,33)(H,31,36)/t23-,24-,28+/m1/s1. The highest BCUT2D eigenvalue weighted by Crippen LogP contribution is 2.52. The predicted molar refractivity (Wildman–Crippen MR) is 150 cm³/mol. The van der Waals surface area contributed by atoms with Crippen LogP contribution >= 0.6 is 28.1 Å². The lowest BCUT2D eigenvalue weighted by Crippen LogP contribution is -2.72. The van der Waals surface area contributed by atoms with E-state index in [9.17, 15) is 4.79 Å². The van der Waals surface area contributed by atoms with Gasteiger partial charge >= 0.3 is 0 Å². The van der Waals surface area contributed by atoms with E-state index in [2.05, 4.69) is 32.6 Å². The topological polar surface area (TPSA) is 62.8 Å². The van der Waals surface area contributed by atoms with Crippen LogP contribution in [0, 0.1) is 19.8 Å². The first kappa shape index (κ1) is 24.6. The first-order chi connectivity index (χ1) is 17.2. The molecule has 2 heterocycles. The second kappa shape index (κ2) is 9.41. The molecule has 2 bridgehead atoms. The van der Waals surface area contributed by atoms with Crippen LogP contribution in [0.25, 0.3) is 0 Å². The third-order valence-electron chi connectivity index (χ3n) is 6.78. The van der Waals surface area contributed by atoms with Crippen molar-refractivity contribution < 1.29 is 14.3 Å². The highest BCUT2D eigenvalue weighted by molar-refractivity contribution is 9.10. The van der Waals surface area contributed by atoms with Crippen LogP contribution in [0.4, 0.5) is 11.4 Å². The summed E-state index contributed by atoms with van der Waals surface area (Å²) < 4.78 is 13.6. The summed E-state index contributed by atoms with van der Waals surface area (Å²) in [4.78, 5) is 15.9. The summed E-state index contributed by atoms with van der Waals surface area (Å²) in [6, 6.07) is 19.2. The van der Waals surface area contributed by atoms with Gasteiger partial charge in [0.25, 0.3) is 0 Å². The van der Waals surface area contributed by atoms with Crippen molar-refractivity contribution in [2.24, 2.45) is 5.92 Å². The molecule has 0 unspecified atom stereocenters. The van der Waals surface area contributed by atoms with Crippen molar-refractivity contribution in [2.75, 3.05) is 16.8 Å². The van der Waals surface area contributed by atoms with Crippen LogP contribution < -0.4 is 25.0 Å². The quantitative estimate of drug-likeness (QED) is 0.356. The monoisotopic (exact) mass is 565 g/mol. The van der Waals surface area contributed by atoms with Gasteiger partial charge in [0.1, 0.15) is 5.92 Å². The van der Waals surface area contributed by atoms with Gasteiger partial charge in [-0.2, -0.15) is 0 Å². The number of nitrogens with zero attached hydrogens (tertiary/aromatic N) is 1. The molecule has 3 aromatic rings. The smallest absolute Gasteiger partial charge is 0.236 e. The van der Waals surface area contributed by atoms with E-state index in [1.54, 1.807) is 0 Å². The average Bonchev–Trinajstić information content (AvgIpc) is 2.81. The Labute approximate surface area is 225 Å². The molecule has 1 fully saturated rings. The van der Waals surface area contributed by atoms with Crippen molar-refractivity contribution in [3.63, 3.8) is 0 Å². The lowest BCUT2D eigenvalue weighted by molar-refractivity contribution is -0.130. The molecule has 0 saturated carbocycles. The van der Waals surface area contributed by atoms with Gasteiger partial charge in [-0.3, -0.25) is 9.69 Å².